The largest absolute Gasteiger partial charge is 0.481 e. The minimum absolute atomic E-state index is 0.187. The quantitative estimate of drug-likeness (QED) is 0.333. The summed E-state index contributed by atoms with van der Waals surface area (Å²) < 4.78 is 0. The lowest BCUT2D eigenvalue weighted by molar-refractivity contribution is -0.155. The fourth-order valence-corrected chi connectivity index (χ4v) is 5.24. The number of amides is 1. The molecule has 4 N–H and O–H groups in total. The fourth-order valence-electron chi connectivity index (χ4n) is 5.24. The Morgan fingerprint density at radius 1 is 1.00 bits per heavy atom. The Labute approximate surface area is 188 Å². The van der Waals surface area contributed by atoms with E-state index >= 15 is 0 Å². The first-order valence-electron chi connectivity index (χ1n) is 12.3. The van der Waals surface area contributed by atoms with Gasteiger partial charge in [0.25, 0.3) is 0 Å². The highest BCUT2D eigenvalue weighted by Crippen LogP contribution is 2.47. The molecule has 1 aromatic rings. The van der Waals surface area contributed by atoms with Crippen LogP contribution in [0.3, 0.4) is 0 Å². The third-order valence-electron chi connectivity index (χ3n) is 6.99. The van der Waals surface area contributed by atoms with E-state index in [1.807, 2.05) is 6.92 Å². The lowest BCUT2D eigenvalue weighted by Gasteiger charge is -2.31. The second-order valence-electron chi connectivity index (χ2n) is 9.31. The lowest BCUT2D eigenvalue weighted by Crippen LogP contribution is -2.49. The molecule has 0 bridgehead atoms. The van der Waals surface area contributed by atoms with Gasteiger partial charge < -0.3 is 16.2 Å². The van der Waals surface area contributed by atoms with E-state index in [2.05, 4.69) is 36.5 Å². The van der Waals surface area contributed by atoms with Crippen LogP contribution < -0.4 is 11.1 Å². The number of nitrogens with one attached hydrogen (secondary N) is 1. The molecule has 5 nitrogen and oxygen atoms in total. The van der Waals surface area contributed by atoms with Crippen molar-refractivity contribution in [3.8, 4) is 0 Å². The van der Waals surface area contributed by atoms with Crippen molar-refractivity contribution in [1.29, 1.82) is 0 Å². The van der Waals surface area contributed by atoms with Crippen LogP contribution in [0.25, 0.3) is 0 Å². The standard InChI is InChI=1S/C26H42N2O3/c1-3-5-6-7-8-9-10-11-20-12-14-21(15-13-20)19-28-22-16-18-26(17-4-2,25(30)31)23(22)24(27)29/h12-15,22-23,28H,3-11,16-19H2,1-2H3,(H2,27,29)(H,30,31). The molecular weight excluding hydrogens is 388 g/mol. The van der Waals surface area contributed by atoms with Crippen LogP contribution in [0.4, 0.5) is 0 Å². The molecule has 1 aliphatic rings. The first-order chi connectivity index (χ1) is 14.9. The number of primary amides is 1. The molecule has 0 heterocycles. The van der Waals surface area contributed by atoms with Crippen molar-refractivity contribution in [2.75, 3.05) is 0 Å². The zero-order chi connectivity index (χ0) is 22.7. The molecule has 3 unspecified atom stereocenters. The molecule has 174 valence electrons. The van der Waals surface area contributed by atoms with Crippen molar-refractivity contribution in [3.05, 3.63) is 35.4 Å². The summed E-state index contributed by atoms with van der Waals surface area (Å²) in [5.41, 5.74) is 7.15. The highest BCUT2D eigenvalue weighted by Gasteiger charge is 2.55. The van der Waals surface area contributed by atoms with E-state index < -0.39 is 23.2 Å². The predicted molar refractivity (Wildman–Crippen MR) is 126 cm³/mol. The molecule has 2 rings (SSSR count). The Bertz CT molecular complexity index is 688. The van der Waals surface area contributed by atoms with Gasteiger partial charge in [0, 0.05) is 12.6 Å². The number of nitrogens with two attached hydrogens (primary N) is 1. The highest BCUT2D eigenvalue weighted by atomic mass is 16.4. The van der Waals surface area contributed by atoms with E-state index in [1.54, 1.807) is 0 Å². The number of carboxylic acid groups (broad SMARTS) is 1. The third kappa shape index (κ3) is 7.06. The number of unbranched alkanes of at least 4 members (excludes halogenated alkanes) is 6. The van der Waals surface area contributed by atoms with Crippen molar-refractivity contribution in [3.63, 3.8) is 0 Å². The molecule has 1 aromatic carbocycles. The summed E-state index contributed by atoms with van der Waals surface area (Å²) >= 11 is 0. The zero-order valence-corrected chi connectivity index (χ0v) is 19.5. The summed E-state index contributed by atoms with van der Waals surface area (Å²) in [6.45, 7) is 4.82. The molecule has 1 amide bonds. The molecule has 0 aliphatic heterocycles. The smallest absolute Gasteiger partial charge is 0.310 e. The Kier molecular flexibility index (Phi) is 10.5. The second kappa shape index (κ2) is 12.8. The maximum atomic E-state index is 12.2. The van der Waals surface area contributed by atoms with Crippen LogP contribution in [0, 0.1) is 11.3 Å². The summed E-state index contributed by atoms with van der Waals surface area (Å²) in [5.74, 6) is -2.06. The van der Waals surface area contributed by atoms with Gasteiger partial charge in [0.2, 0.25) is 5.91 Å². The van der Waals surface area contributed by atoms with Crippen molar-refractivity contribution < 1.29 is 14.7 Å². The zero-order valence-electron chi connectivity index (χ0n) is 19.5. The van der Waals surface area contributed by atoms with Crippen LogP contribution in [0.2, 0.25) is 0 Å². The van der Waals surface area contributed by atoms with E-state index in [0.29, 0.717) is 25.8 Å². The Morgan fingerprint density at radius 3 is 2.19 bits per heavy atom. The monoisotopic (exact) mass is 430 g/mol. The van der Waals surface area contributed by atoms with Crippen LogP contribution in [0.15, 0.2) is 24.3 Å². The Balaban J connectivity index is 1.83. The summed E-state index contributed by atoms with van der Waals surface area (Å²) in [6, 6.07) is 8.45. The van der Waals surface area contributed by atoms with Crippen LogP contribution in [-0.4, -0.2) is 23.0 Å². The van der Waals surface area contributed by atoms with E-state index in [-0.39, 0.29) is 6.04 Å². The summed E-state index contributed by atoms with van der Waals surface area (Å²) in [5, 5.41) is 13.3. The third-order valence-corrected chi connectivity index (χ3v) is 6.99. The summed E-state index contributed by atoms with van der Waals surface area (Å²) in [4.78, 5) is 24.2. The minimum Gasteiger partial charge on any atom is -0.481 e. The maximum Gasteiger partial charge on any atom is 0.310 e. The van der Waals surface area contributed by atoms with Crippen LogP contribution in [0.5, 0.6) is 0 Å². The van der Waals surface area contributed by atoms with Gasteiger partial charge in [0.15, 0.2) is 0 Å². The maximum absolute atomic E-state index is 12.2. The molecule has 5 heteroatoms. The molecule has 0 spiro atoms. The Morgan fingerprint density at radius 2 is 1.61 bits per heavy atom. The van der Waals surface area contributed by atoms with E-state index in [0.717, 1.165) is 18.4 Å². The van der Waals surface area contributed by atoms with E-state index in [4.69, 9.17) is 5.73 Å². The van der Waals surface area contributed by atoms with Gasteiger partial charge in [-0.25, -0.2) is 0 Å². The number of carboxylic acids is 1. The summed E-state index contributed by atoms with van der Waals surface area (Å²) in [7, 11) is 0. The molecular formula is C26H42N2O3. The highest BCUT2D eigenvalue weighted by molar-refractivity contribution is 5.87. The molecule has 0 aromatic heterocycles. The molecule has 0 saturated heterocycles. The van der Waals surface area contributed by atoms with Gasteiger partial charge in [-0.1, -0.05) is 83.1 Å². The average molecular weight is 431 g/mol. The van der Waals surface area contributed by atoms with Gasteiger partial charge in [-0.05, 0) is 43.2 Å². The number of carbonyl (C=O) groups excluding carboxylic acids is 1. The SMILES string of the molecule is CCCCCCCCCc1ccc(CNC2CCC(CCC)(C(=O)O)C2C(N)=O)cc1. The van der Waals surface area contributed by atoms with E-state index in [1.165, 1.54) is 50.5 Å². The topological polar surface area (TPSA) is 92.4 Å². The van der Waals surface area contributed by atoms with Gasteiger partial charge in [-0.3, -0.25) is 9.59 Å². The Hall–Kier alpha value is -1.88. The second-order valence-corrected chi connectivity index (χ2v) is 9.31. The van der Waals surface area contributed by atoms with Gasteiger partial charge in [-0.15, -0.1) is 0 Å². The number of aliphatic carboxylic acids is 1. The molecule has 3 atom stereocenters. The first-order valence-corrected chi connectivity index (χ1v) is 12.3. The normalized spacial score (nSPS) is 23.2. The van der Waals surface area contributed by atoms with Gasteiger partial charge in [0.05, 0.1) is 11.3 Å². The van der Waals surface area contributed by atoms with E-state index in [9.17, 15) is 14.7 Å². The fraction of sp³-hybridized carbons (Fsp3) is 0.692. The van der Waals surface area contributed by atoms with Crippen molar-refractivity contribution in [1.82, 2.24) is 5.32 Å². The number of rotatable bonds is 15. The van der Waals surface area contributed by atoms with Gasteiger partial charge >= 0.3 is 5.97 Å². The lowest BCUT2D eigenvalue weighted by atomic mass is 9.73. The summed E-state index contributed by atoms with van der Waals surface area (Å²) in [6.07, 6.45) is 12.7. The number of hydrogen-bond acceptors (Lipinski definition) is 3. The number of aryl methyl sites for hydroxylation is 1. The molecule has 0 radical (unpaired) electrons. The van der Waals surface area contributed by atoms with Crippen molar-refractivity contribution in [2.24, 2.45) is 17.1 Å². The molecule has 31 heavy (non-hydrogen) atoms. The number of hydrogen-bond donors (Lipinski definition) is 3. The molecule has 1 aliphatic carbocycles. The predicted octanol–water partition coefficient (Wildman–Crippen LogP) is 5.20. The molecule has 1 saturated carbocycles. The van der Waals surface area contributed by atoms with Crippen LogP contribution in [0.1, 0.15) is 95.6 Å². The minimum atomic E-state index is -1.03. The van der Waals surface area contributed by atoms with Crippen molar-refractivity contribution >= 4 is 11.9 Å². The van der Waals surface area contributed by atoms with Crippen LogP contribution >= 0.6 is 0 Å². The average Bonchev–Trinajstić information content (AvgIpc) is 3.12. The van der Waals surface area contributed by atoms with Gasteiger partial charge in [-0.2, -0.15) is 0 Å². The van der Waals surface area contributed by atoms with Gasteiger partial charge in [0.1, 0.15) is 0 Å². The molecule has 1 fully saturated rings. The van der Waals surface area contributed by atoms with Crippen molar-refractivity contribution in [2.45, 2.75) is 103 Å². The number of benzene rings is 1. The van der Waals surface area contributed by atoms with Crippen LogP contribution in [-0.2, 0) is 22.6 Å². The number of carbonyl (C=O) groups is 2. The first kappa shape index (κ1) is 25.4.